The van der Waals surface area contributed by atoms with Crippen LogP contribution in [0, 0.1) is 16.0 Å². The normalized spacial score (nSPS) is 14.4. The fourth-order valence-corrected chi connectivity index (χ4v) is 4.10. The van der Waals surface area contributed by atoms with Crippen LogP contribution in [0.4, 0.5) is 11.4 Å². The number of carbonyl (C=O) groups is 4. The van der Waals surface area contributed by atoms with Gasteiger partial charge in [-0.05, 0) is 67.1 Å². The van der Waals surface area contributed by atoms with E-state index in [4.69, 9.17) is 14.2 Å². The number of ketones is 1. The number of hydrogen-bond acceptors (Lipinski definition) is 9. The van der Waals surface area contributed by atoms with Crippen molar-refractivity contribution in [1.29, 1.82) is 0 Å². The summed E-state index contributed by atoms with van der Waals surface area (Å²) in [6.45, 7) is 1.96. The van der Waals surface area contributed by atoms with Gasteiger partial charge in [0.1, 0.15) is 11.5 Å². The number of anilines is 1. The number of nitro groups is 1. The lowest BCUT2D eigenvalue weighted by atomic mass is 10.1. The maximum absolute atomic E-state index is 12.6. The monoisotopic (exact) mass is 560 g/mol. The molecule has 1 amide bonds. The van der Waals surface area contributed by atoms with Crippen molar-refractivity contribution in [2.24, 2.45) is 5.92 Å². The quantitative estimate of drug-likeness (QED) is 0.0969. The molecule has 0 bridgehead atoms. The highest BCUT2D eigenvalue weighted by Crippen LogP contribution is 2.27. The molecule has 1 aliphatic rings. The van der Waals surface area contributed by atoms with Crippen molar-refractivity contribution in [3.8, 4) is 11.5 Å². The van der Waals surface area contributed by atoms with Crippen LogP contribution in [-0.2, 0) is 19.1 Å². The molecule has 0 spiro atoms. The average Bonchev–Trinajstić information content (AvgIpc) is 3.38. The van der Waals surface area contributed by atoms with Gasteiger partial charge in [0.25, 0.3) is 5.69 Å². The molecule has 0 aliphatic carbocycles. The fourth-order valence-electron chi connectivity index (χ4n) is 4.10. The molecule has 41 heavy (non-hydrogen) atoms. The zero-order valence-corrected chi connectivity index (χ0v) is 22.3. The fraction of sp³-hybridized carbons (Fsp3) is 0.267. The van der Waals surface area contributed by atoms with Gasteiger partial charge in [-0.3, -0.25) is 24.5 Å². The van der Waals surface area contributed by atoms with Gasteiger partial charge in [-0.2, -0.15) is 0 Å². The Morgan fingerprint density at radius 3 is 2.12 bits per heavy atom. The second kappa shape index (κ2) is 13.3. The predicted octanol–water partition coefficient (Wildman–Crippen LogP) is 5.12. The predicted molar refractivity (Wildman–Crippen MR) is 147 cm³/mol. The standard InChI is InChI=1S/C30H28N2O9/c1-2-3-16-39-29(35)21-4-8-23(9-5-21)31-18-22(17-28(31)34)30(36)40-19-27(33)20-6-12-25(13-7-20)41-26-14-10-24(11-15-26)32(37)38/h4-15,22H,2-3,16-19H2,1H3/t22-/m0/s1. The molecule has 4 rings (SSSR count). The first-order valence-corrected chi connectivity index (χ1v) is 13.0. The number of nitrogens with zero attached hydrogens (tertiary/aromatic N) is 2. The number of non-ortho nitro benzene ring substituents is 1. The van der Waals surface area contributed by atoms with E-state index in [1.165, 1.54) is 41.3 Å². The van der Waals surface area contributed by atoms with Gasteiger partial charge in [0.05, 0.1) is 23.0 Å². The first-order chi connectivity index (χ1) is 19.7. The van der Waals surface area contributed by atoms with E-state index in [1.807, 2.05) is 6.92 Å². The van der Waals surface area contributed by atoms with Crippen molar-refractivity contribution >= 4 is 35.0 Å². The number of rotatable bonds is 12. The van der Waals surface area contributed by atoms with Crippen LogP contribution in [0.1, 0.15) is 46.9 Å². The summed E-state index contributed by atoms with van der Waals surface area (Å²) in [4.78, 5) is 61.5. The summed E-state index contributed by atoms with van der Waals surface area (Å²) in [6, 6.07) is 18.1. The maximum atomic E-state index is 12.6. The summed E-state index contributed by atoms with van der Waals surface area (Å²) in [6.07, 6.45) is 1.64. The van der Waals surface area contributed by atoms with Crippen molar-refractivity contribution in [3.63, 3.8) is 0 Å². The van der Waals surface area contributed by atoms with Gasteiger partial charge in [-0.25, -0.2) is 4.79 Å². The second-order valence-electron chi connectivity index (χ2n) is 9.35. The van der Waals surface area contributed by atoms with Crippen LogP contribution >= 0.6 is 0 Å². The summed E-state index contributed by atoms with van der Waals surface area (Å²) >= 11 is 0. The van der Waals surface area contributed by atoms with Gasteiger partial charge in [0.2, 0.25) is 5.91 Å². The average molecular weight is 561 g/mol. The van der Waals surface area contributed by atoms with Crippen molar-refractivity contribution in [2.75, 3.05) is 24.7 Å². The molecule has 0 N–H and O–H groups in total. The summed E-state index contributed by atoms with van der Waals surface area (Å²) < 4.78 is 16.0. The van der Waals surface area contributed by atoms with Crippen molar-refractivity contribution < 1.29 is 38.3 Å². The van der Waals surface area contributed by atoms with Gasteiger partial charge >= 0.3 is 11.9 Å². The van der Waals surface area contributed by atoms with Gasteiger partial charge in [-0.1, -0.05) is 13.3 Å². The number of esters is 2. The number of nitro benzene ring substituents is 1. The van der Waals surface area contributed by atoms with Crippen LogP contribution in [0.25, 0.3) is 0 Å². The van der Waals surface area contributed by atoms with E-state index in [9.17, 15) is 29.3 Å². The second-order valence-corrected chi connectivity index (χ2v) is 9.35. The number of benzene rings is 3. The molecule has 11 heteroatoms. The minimum absolute atomic E-state index is 0.0531. The summed E-state index contributed by atoms with van der Waals surface area (Å²) in [5.41, 5.74) is 1.16. The number of carbonyl (C=O) groups excluding carboxylic acids is 4. The summed E-state index contributed by atoms with van der Waals surface area (Å²) in [5.74, 6) is -1.70. The van der Waals surface area contributed by atoms with E-state index in [1.54, 1.807) is 36.4 Å². The number of hydrogen-bond donors (Lipinski definition) is 0. The lowest BCUT2D eigenvalue weighted by Crippen LogP contribution is -2.27. The van der Waals surface area contributed by atoms with Gasteiger partial charge in [0, 0.05) is 36.3 Å². The van der Waals surface area contributed by atoms with E-state index in [-0.39, 0.29) is 24.6 Å². The lowest BCUT2D eigenvalue weighted by molar-refractivity contribution is -0.384. The van der Waals surface area contributed by atoms with E-state index in [2.05, 4.69) is 0 Å². The molecule has 1 atom stereocenters. The molecular weight excluding hydrogens is 532 g/mol. The Hall–Kier alpha value is -5.06. The topological polar surface area (TPSA) is 142 Å². The van der Waals surface area contributed by atoms with E-state index >= 15 is 0 Å². The number of ether oxygens (including phenoxy) is 3. The van der Waals surface area contributed by atoms with E-state index < -0.39 is 35.2 Å². The van der Waals surface area contributed by atoms with Crippen LogP contribution in [0.5, 0.6) is 11.5 Å². The van der Waals surface area contributed by atoms with Gasteiger partial charge in [0.15, 0.2) is 12.4 Å². The third-order valence-corrected chi connectivity index (χ3v) is 6.41. The van der Waals surface area contributed by atoms with Crippen molar-refractivity contribution in [3.05, 3.63) is 94.0 Å². The van der Waals surface area contributed by atoms with Crippen LogP contribution in [0.15, 0.2) is 72.8 Å². The molecule has 212 valence electrons. The molecule has 1 heterocycles. The molecule has 0 saturated carbocycles. The minimum Gasteiger partial charge on any atom is -0.462 e. The summed E-state index contributed by atoms with van der Waals surface area (Å²) in [7, 11) is 0. The third-order valence-electron chi connectivity index (χ3n) is 6.41. The Labute approximate surface area is 235 Å². The van der Waals surface area contributed by atoms with Crippen LogP contribution < -0.4 is 9.64 Å². The highest BCUT2D eigenvalue weighted by atomic mass is 16.6. The van der Waals surface area contributed by atoms with Gasteiger partial charge in [-0.15, -0.1) is 0 Å². The molecule has 1 fully saturated rings. The Kier molecular flexibility index (Phi) is 9.41. The number of Topliss-reactive ketones (excluding diaryl/α,β-unsaturated/α-hetero) is 1. The highest BCUT2D eigenvalue weighted by Gasteiger charge is 2.36. The zero-order chi connectivity index (χ0) is 29.4. The lowest BCUT2D eigenvalue weighted by Gasteiger charge is -2.17. The Balaban J connectivity index is 1.26. The molecule has 1 aliphatic heterocycles. The third kappa shape index (κ3) is 7.53. The largest absolute Gasteiger partial charge is 0.462 e. The smallest absolute Gasteiger partial charge is 0.338 e. The molecule has 3 aromatic rings. The maximum Gasteiger partial charge on any atom is 0.338 e. The van der Waals surface area contributed by atoms with Crippen molar-refractivity contribution in [2.45, 2.75) is 26.2 Å². The SMILES string of the molecule is CCCCOC(=O)c1ccc(N2C[C@@H](C(=O)OCC(=O)c3ccc(Oc4ccc([N+](=O)[O-])cc4)cc3)CC2=O)cc1. The Bertz CT molecular complexity index is 1420. The van der Waals surface area contributed by atoms with E-state index in [0.717, 1.165) is 12.8 Å². The first-order valence-electron chi connectivity index (χ1n) is 13.0. The van der Waals surface area contributed by atoms with E-state index in [0.29, 0.717) is 34.9 Å². The number of amides is 1. The molecule has 11 nitrogen and oxygen atoms in total. The molecule has 1 saturated heterocycles. The van der Waals surface area contributed by atoms with Gasteiger partial charge < -0.3 is 19.1 Å². The van der Waals surface area contributed by atoms with Crippen molar-refractivity contribution in [1.82, 2.24) is 0 Å². The Morgan fingerprint density at radius 1 is 0.902 bits per heavy atom. The minimum atomic E-state index is -0.730. The molecular formula is C30H28N2O9. The molecule has 3 aromatic carbocycles. The summed E-state index contributed by atoms with van der Waals surface area (Å²) in [5, 5.41) is 10.8. The molecule has 0 aromatic heterocycles. The van der Waals surface area contributed by atoms with Crippen LogP contribution in [-0.4, -0.2) is 48.3 Å². The molecule has 0 unspecified atom stereocenters. The van der Waals surface area contributed by atoms with Crippen LogP contribution in [0.2, 0.25) is 0 Å². The number of unbranched alkanes of at least 4 members (excludes halogenated alkanes) is 1. The highest BCUT2D eigenvalue weighted by molar-refractivity contribution is 6.01. The molecule has 0 radical (unpaired) electrons. The Morgan fingerprint density at radius 2 is 1.51 bits per heavy atom. The first kappa shape index (κ1) is 28.9. The van der Waals surface area contributed by atoms with Crippen LogP contribution in [0.3, 0.4) is 0 Å². The zero-order valence-electron chi connectivity index (χ0n) is 22.3.